The molecule has 1 aromatic rings. The van der Waals surface area contributed by atoms with Gasteiger partial charge in [-0.25, -0.2) is 4.68 Å². The zero-order valence-corrected chi connectivity index (χ0v) is 13.6. The minimum Gasteiger partial charge on any atom is -0.387 e. The SMILES string of the molecule is COCCn1ncc(NCC(C)(O)CN(C)C)c(Cl)c1=O. The van der Waals surface area contributed by atoms with E-state index in [1.54, 1.807) is 14.0 Å². The Morgan fingerprint density at radius 1 is 1.57 bits per heavy atom. The maximum Gasteiger partial charge on any atom is 0.287 e. The molecule has 8 heteroatoms. The number of hydrogen-bond donors (Lipinski definition) is 2. The Labute approximate surface area is 129 Å². The van der Waals surface area contributed by atoms with Gasteiger partial charge >= 0.3 is 0 Å². The van der Waals surface area contributed by atoms with Gasteiger partial charge in [0.2, 0.25) is 0 Å². The van der Waals surface area contributed by atoms with Crippen LogP contribution in [0.25, 0.3) is 0 Å². The predicted molar refractivity (Wildman–Crippen MR) is 83.1 cm³/mol. The van der Waals surface area contributed by atoms with Crippen molar-refractivity contribution in [2.24, 2.45) is 0 Å². The summed E-state index contributed by atoms with van der Waals surface area (Å²) < 4.78 is 6.15. The maximum atomic E-state index is 12.0. The number of hydrogen-bond acceptors (Lipinski definition) is 6. The van der Waals surface area contributed by atoms with Crippen molar-refractivity contribution in [3.8, 4) is 0 Å². The molecule has 0 amide bonds. The number of nitrogens with one attached hydrogen (secondary N) is 1. The van der Waals surface area contributed by atoms with Crippen LogP contribution in [0.1, 0.15) is 6.92 Å². The Balaban J connectivity index is 2.77. The molecule has 1 heterocycles. The van der Waals surface area contributed by atoms with Crippen LogP contribution in [0.4, 0.5) is 5.69 Å². The third-order valence-corrected chi connectivity index (χ3v) is 3.17. The topological polar surface area (TPSA) is 79.6 Å². The van der Waals surface area contributed by atoms with Gasteiger partial charge < -0.3 is 20.1 Å². The molecule has 1 unspecified atom stereocenters. The van der Waals surface area contributed by atoms with Gasteiger partial charge in [-0.15, -0.1) is 0 Å². The van der Waals surface area contributed by atoms with Gasteiger partial charge in [-0.2, -0.15) is 5.10 Å². The van der Waals surface area contributed by atoms with Crippen molar-refractivity contribution in [3.63, 3.8) is 0 Å². The Kier molecular flexibility index (Phi) is 6.60. The van der Waals surface area contributed by atoms with Crippen molar-refractivity contribution in [1.29, 1.82) is 0 Å². The van der Waals surface area contributed by atoms with E-state index >= 15 is 0 Å². The highest BCUT2D eigenvalue weighted by Crippen LogP contribution is 2.16. The summed E-state index contributed by atoms with van der Waals surface area (Å²) in [5, 5.41) is 17.3. The molecule has 0 spiro atoms. The highest BCUT2D eigenvalue weighted by molar-refractivity contribution is 6.32. The number of likely N-dealkylation sites (N-methyl/N-ethyl adjacent to an activating group) is 1. The fourth-order valence-corrected chi connectivity index (χ4v) is 2.16. The molecule has 0 saturated carbocycles. The zero-order valence-electron chi connectivity index (χ0n) is 12.9. The summed E-state index contributed by atoms with van der Waals surface area (Å²) in [6.45, 7) is 3.17. The van der Waals surface area contributed by atoms with Crippen molar-refractivity contribution in [2.45, 2.75) is 19.1 Å². The van der Waals surface area contributed by atoms with Crippen molar-refractivity contribution in [2.75, 3.05) is 46.2 Å². The van der Waals surface area contributed by atoms with Gasteiger partial charge in [-0.3, -0.25) is 4.79 Å². The molecule has 0 radical (unpaired) electrons. The van der Waals surface area contributed by atoms with Crippen LogP contribution in [-0.2, 0) is 11.3 Å². The van der Waals surface area contributed by atoms with Crippen molar-refractivity contribution in [3.05, 3.63) is 21.6 Å². The van der Waals surface area contributed by atoms with Crippen LogP contribution in [0.2, 0.25) is 5.02 Å². The molecule has 0 fully saturated rings. The van der Waals surface area contributed by atoms with Gasteiger partial charge in [0.15, 0.2) is 0 Å². The minimum atomic E-state index is -0.947. The molecule has 0 bridgehead atoms. The summed E-state index contributed by atoms with van der Waals surface area (Å²) in [5.74, 6) is 0. The Morgan fingerprint density at radius 2 is 2.24 bits per heavy atom. The van der Waals surface area contributed by atoms with Crippen LogP contribution in [0.15, 0.2) is 11.0 Å². The van der Waals surface area contributed by atoms with Crippen LogP contribution in [0.3, 0.4) is 0 Å². The fraction of sp³-hybridized carbons (Fsp3) is 0.692. The molecule has 120 valence electrons. The number of nitrogens with zero attached hydrogens (tertiary/aromatic N) is 3. The van der Waals surface area contributed by atoms with E-state index in [1.165, 1.54) is 10.9 Å². The lowest BCUT2D eigenvalue weighted by atomic mass is 10.1. The zero-order chi connectivity index (χ0) is 16.0. The lowest BCUT2D eigenvalue weighted by Gasteiger charge is -2.27. The number of methoxy groups -OCH3 is 1. The third kappa shape index (κ3) is 5.62. The minimum absolute atomic E-state index is 0.0572. The standard InChI is InChI=1S/C13H23ClN4O3/c1-13(20,9-17(2)3)8-15-10-7-16-18(5-6-21-4)12(19)11(10)14/h7,15,20H,5-6,8-9H2,1-4H3. The largest absolute Gasteiger partial charge is 0.387 e. The summed E-state index contributed by atoms with van der Waals surface area (Å²) in [7, 11) is 5.30. The Bertz CT molecular complexity index is 517. The third-order valence-electron chi connectivity index (χ3n) is 2.81. The van der Waals surface area contributed by atoms with E-state index in [1.807, 2.05) is 19.0 Å². The van der Waals surface area contributed by atoms with E-state index in [0.717, 1.165) is 0 Å². The fourth-order valence-electron chi connectivity index (χ4n) is 1.95. The first-order valence-corrected chi connectivity index (χ1v) is 7.00. The first-order chi connectivity index (χ1) is 9.76. The number of aromatic nitrogens is 2. The van der Waals surface area contributed by atoms with Gasteiger partial charge in [0.05, 0.1) is 30.6 Å². The quantitative estimate of drug-likeness (QED) is 0.716. The van der Waals surface area contributed by atoms with Crippen molar-refractivity contribution in [1.82, 2.24) is 14.7 Å². The van der Waals surface area contributed by atoms with Gasteiger partial charge in [-0.1, -0.05) is 11.6 Å². The highest BCUT2D eigenvalue weighted by Gasteiger charge is 2.22. The lowest BCUT2D eigenvalue weighted by molar-refractivity contribution is 0.0460. The second-order valence-electron chi connectivity index (χ2n) is 5.48. The number of halogens is 1. The summed E-state index contributed by atoms with van der Waals surface area (Å²) in [5.41, 5.74) is -0.919. The molecule has 0 saturated heterocycles. The smallest absolute Gasteiger partial charge is 0.287 e. The summed E-state index contributed by atoms with van der Waals surface area (Å²) in [6.07, 6.45) is 1.48. The summed E-state index contributed by atoms with van der Waals surface area (Å²) in [4.78, 5) is 13.9. The molecule has 0 aliphatic heterocycles. The van der Waals surface area contributed by atoms with E-state index in [0.29, 0.717) is 25.4 Å². The molecule has 7 nitrogen and oxygen atoms in total. The second-order valence-corrected chi connectivity index (χ2v) is 5.86. The lowest BCUT2D eigenvalue weighted by Crippen LogP contribution is -2.43. The average Bonchev–Trinajstić information content (AvgIpc) is 2.38. The van der Waals surface area contributed by atoms with E-state index < -0.39 is 5.60 Å². The van der Waals surface area contributed by atoms with Gasteiger partial charge in [0.1, 0.15) is 5.02 Å². The molecule has 0 aliphatic rings. The number of rotatable bonds is 8. The number of aliphatic hydroxyl groups is 1. The molecule has 1 atom stereocenters. The molecule has 0 aromatic carbocycles. The first-order valence-electron chi connectivity index (χ1n) is 6.62. The maximum absolute atomic E-state index is 12.0. The second kappa shape index (κ2) is 7.74. The predicted octanol–water partition coefficient (Wildman–Crippen LogP) is 0.268. The Hall–Kier alpha value is -1.15. The van der Waals surface area contributed by atoms with E-state index in [2.05, 4.69) is 10.4 Å². The molecule has 1 aromatic heterocycles. The van der Waals surface area contributed by atoms with Gasteiger partial charge in [-0.05, 0) is 21.0 Å². The molecule has 1 rings (SSSR count). The van der Waals surface area contributed by atoms with Crippen LogP contribution in [0, 0.1) is 0 Å². The first kappa shape index (κ1) is 17.9. The highest BCUT2D eigenvalue weighted by atomic mass is 35.5. The molecule has 0 aliphatic carbocycles. The normalized spacial score (nSPS) is 14.2. The average molecular weight is 319 g/mol. The van der Waals surface area contributed by atoms with E-state index in [9.17, 15) is 9.90 Å². The van der Waals surface area contributed by atoms with Gasteiger partial charge in [0, 0.05) is 20.2 Å². The summed E-state index contributed by atoms with van der Waals surface area (Å²) in [6, 6.07) is 0. The molecule has 2 N–H and O–H groups in total. The molecular formula is C13H23ClN4O3. The van der Waals surface area contributed by atoms with E-state index in [4.69, 9.17) is 16.3 Å². The van der Waals surface area contributed by atoms with Crippen molar-refractivity contribution < 1.29 is 9.84 Å². The summed E-state index contributed by atoms with van der Waals surface area (Å²) >= 11 is 6.04. The molecule has 21 heavy (non-hydrogen) atoms. The van der Waals surface area contributed by atoms with Crippen LogP contribution >= 0.6 is 11.6 Å². The van der Waals surface area contributed by atoms with E-state index in [-0.39, 0.29) is 17.1 Å². The van der Waals surface area contributed by atoms with Crippen LogP contribution in [-0.4, -0.2) is 66.3 Å². The van der Waals surface area contributed by atoms with Crippen LogP contribution in [0.5, 0.6) is 0 Å². The van der Waals surface area contributed by atoms with Crippen LogP contribution < -0.4 is 10.9 Å². The number of ether oxygens (including phenoxy) is 1. The van der Waals surface area contributed by atoms with Crippen molar-refractivity contribution >= 4 is 17.3 Å². The number of anilines is 1. The monoisotopic (exact) mass is 318 g/mol. The Morgan fingerprint density at radius 3 is 2.81 bits per heavy atom. The van der Waals surface area contributed by atoms with Gasteiger partial charge in [0.25, 0.3) is 5.56 Å². The molecular weight excluding hydrogens is 296 g/mol.